The Kier molecular flexibility index (Phi) is 8.67. The van der Waals surface area contributed by atoms with Gasteiger partial charge in [-0.15, -0.1) is 0 Å². The Morgan fingerprint density at radius 1 is 1.02 bits per heavy atom. The maximum absolute atomic E-state index is 13.2. The monoisotopic (exact) mass is 748 g/mol. The molecule has 3 aliphatic heterocycles. The Balaban J connectivity index is 0.927. The molecule has 56 heavy (non-hydrogen) atoms. The number of anilines is 1. The number of hydrogen-bond donors (Lipinski definition) is 2. The van der Waals surface area contributed by atoms with Crippen LogP contribution in [0.15, 0.2) is 67.0 Å². The lowest BCUT2D eigenvalue weighted by atomic mass is 10.0. The van der Waals surface area contributed by atoms with Gasteiger partial charge < -0.3 is 19.7 Å². The van der Waals surface area contributed by atoms with Crippen molar-refractivity contribution >= 4 is 57.3 Å². The molecule has 0 saturated carbocycles. The molecule has 0 radical (unpaired) electrons. The van der Waals surface area contributed by atoms with Gasteiger partial charge >= 0.3 is 0 Å². The summed E-state index contributed by atoms with van der Waals surface area (Å²) in [6.45, 7) is 6.46. The highest BCUT2D eigenvalue weighted by molar-refractivity contribution is 6.06. The predicted octanol–water partition coefficient (Wildman–Crippen LogP) is 4.86. The molecule has 6 aromatic rings. The minimum Gasteiger partial charge on any atom is -0.363 e. The lowest BCUT2D eigenvalue weighted by Gasteiger charge is -2.29. The number of hydrogen-bond acceptors (Lipinski definition) is 9. The maximum atomic E-state index is 13.2. The van der Waals surface area contributed by atoms with Gasteiger partial charge in [0, 0.05) is 87.5 Å². The van der Waals surface area contributed by atoms with E-state index in [0.717, 1.165) is 79.9 Å². The number of rotatable bonds is 8. The van der Waals surface area contributed by atoms with Crippen LogP contribution < -0.4 is 10.6 Å². The molecule has 1 saturated heterocycles. The summed E-state index contributed by atoms with van der Waals surface area (Å²) < 4.78 is 4.06. The lowest BCUT2D eigenvalue weighted by molar-refractivity contribution is -0.137. The van der Waals surface area contributed by atoms with Gasteiger partial charge in [0.2, 0.25) is 17.7 Å². The third kappa shape index (κ3) is 5.97. The zero-order chi connectivity index (χ0) is 38.7. The SMILES string of the molecule is CCc1nc(-c2cccc3cc(-c4cnc5c(NC/C=C/c6cccc7c6CN(C6CCC(=O)NC6=O)C7=O)nn(C)c5c4)ncc23)c2n1CCN(C(C)=O)C2. The minimum atomic E-state index is -0.656. The Labute approximate surface area is 322 Å². The lowest BCUT2D eigenvalue weighted by Crippen LogP contribution is -2.52. The van der Waals surface area contributed by atoms with Crippen LogP contribution in [0, 0.1) is 0 Å². The van der Waals surface area contributed by atoms with Gasteiger partial charge in [0.15, 0.2) is 5.82 Å². The second kappa shape index (κ2) is 13.9. The van der Waals surface area contributed by atoms with Crippen LogP contribution >= 0.6 is 0 Å². The minimum absolute atomic E-state index is 0.0673. The number of imidazole rings is 1. The number of carbonyl (C=O) groups excluding carboxylic acids is 4. The molecule has 9 rings (SSSR count). The van der Waals surface area contributed by atoms with Crippen molar-refractivity contribution in [2.24, 2.45) is 7.05 Å². The van der Waals surface area contributed by atoms with Crippen LogP contribution in [-0.4, -0.2) is 81.9 Å². The first-order chi connectivity index (χ1) is 27.2. The standard InChI is InChI=1S/C42H40N10O4/c1-4-36-46-38(35-23-50(24(2)53)16-17-51(35)36)28-11-6-9-26-18-32(44-21-30(26)28)27-19-34-39(45-20-27)40(48-49(34)3)43-15-7-10-25-8-5-12-29-31(25)22-52(42(29)56)33-13-14-37(54)47-41(33)55/h5-12,18-21,33H,4,13-17,22-23H2,1-3H3,(H,43,48)(H,47,54,55)/b10-7+. The van der Waals surface area contributed by atoms with E-state index in [1.165, 1.54) is 0 Å². The van der Waals surface area contributed by atoms with Crippen molar-refractivity contribution in [3.8, 4) is 22.5 Å². The van der Waals surface area contributed by atoms with E-state index >= 15 is 0 Å². The Hall–Kier alpha value is -6.70. The van der Waals surface area contributed by atoms with E-state index in [9.17, 15) is 19.2 Å². The normalized spacial score (nSPS) is 16.9. The summed E-state index contributed by atoms with van der Waals surface area (Å²) in [4.78, 5) is 67.9. The number of nitrogens with one attached hydrogen (secondary N) is 2. The fourth-order valence-corrected chi connectivity index (χ4v) is 8.23. The summed E-state index contributed by atoms with van der Waals surface area (Å²) in [7, 11) is 1.89. The molecule has 282 valence electrons. The van der Waals surface area contributed by atoms with Crippen LogP contribution in [0.3, 0.4) is 0 Å². The third-order valence-electron chi connectivity index (χ3n) is 11.2. The highest BCUT2D eigenvalue weighted by Gasteiger charge is 2.39. The molecule has 0 aliphatic carbocycles. The number of fused-ring (bicyclic) bond motifs is 4. The zero-order valence-electron chi connectivity index (χ0n) is 31.4. The summed E-state index contributed by atoms with van der Waals surface area (Å²) in [5.41, 5.74) is 8.53. The highest BCUT2D eigenvalue weighted by Crippen LogP contribution is 2.35. The van der Waals surface area contributed by atoms with Gasteiger partial charge in [-0.3, -0.25) is 34.2 Å². The molecule has 4 aromatic heterocycles. The average molecular weight is 749 g/mol. The van der Waals surface area contributed by atoms with E-state index < -0.39 is 11.9 Å². The number of nitrogens with zero attached hydrogens (tertiary/aromatic N) is 8. The number of benzene rings is 2. The van der Waals surface area contributed by atoms with Gasteiger partial charge in [-0.2, -0.15) is 5.10 Å². The largest absolute Gasteiger partial charge is 0.363 e. The number of amides is 4. The first-order valence-electron chi connectivity index (χ1n) is 18.9. The van der Waals surface area contributed by atoms with Gasteiger partial charge in [0.1, 0.15) is 17.4 Å². The van der Waals surface area contributed by atoms with E-state index in [1.807, 2.05) is 60.8 Å². The van der Waals surface area contributed by atoms with Crippen molar-refractivity contribution in [1.29, 1.82) is 0 Å². The van der Waals surface area contributed by atoms with Crippen LogP contribution in [-0.2, 0) is 47.5 Å². The van der Waals surface area contributed by atoms with E-state index in [2.05, 4.69) is 40.3 Å². The number of aromatic nitrogens is 6. The summed E-state index contributed by atoms with van der Waals surface area (Å²) >= 11 is 0. The predicted molar refractivity (Wildman–Crippen MR) is 211 cm³/mol. The van der Waals surface area contributed by atoms with Crippen LogP contribution in [0.2, 0.25) is 0 Å². The molecule has 1 atom stereocenters. The van der Waals surface area contributed by atoms with Gasteiger partial charge in [0.05, 0.1) is 29.1 Å². The van der Waals surface area contributed by atoms with Gasteiger partial charge in [-0.05, 0) is 41.1 Å². The first kappa shape index (κ1) is 35.0. The van der Waals surface area contributed by atoms with E-state index in [-0.39, 0.29) is 24.1 Å². The fourth-order valence-electron chi connectivity index (χ4n) is 8.23. The molecule has 2 aromatic carbocycles. The molecule has 4 amide bonds. The van der Waals surface area contributed by atoms with Crippen molar-refractivity contribution in [3.63, 3.8) is 0 Å². The number of pyridine rings is 2. The molecule has 7 heterocycles. The highest BCUT2D eigenvalue weighted by atomic mass is 16.2. The van der Waals surface area contributed by atoms with Crippen molar-refractivity contribution in [2.75, 3.05) is 18.4 Å². The van der Waals surface area contributed by atoms with Crippen molar-refractivity contribution < 1.29 is 19.2 Å². The third-order valence-corrected chi connectivity index (χ3v) is 11.2. The van der Waals surface area contributed by atoms with E-state index in [4.69, 9.17) is 20.1 Å². The maximum Gasteiger partial charge on any atom is 0.255 e. The van der Waals surface area contributed by atoms with Gasteiger partial charge in [-0.25, -0.2) is 9.97 Å². The molecular weight excluding hydrogens is 709 g/mol. The molecule has 0 bridgehead atoms. The smallest absolute Gasteiger partial charge is 0.255 e. The van der Waals surface area contributed by atoms with Crippen LogP contribution in [0.5, 0.6) is 0 Å². The average Bonchev–Trinajstić information content (AvgIpc) is 3.86. The van der Waals surface area contributed by atoms with Crippen LogP contribution in [0.4, 0.5) is 5.82 Å². The second-order valence-electron chi connectivity index (χ2n) is 14.5. The van der Waals surface area contributed by atoms with Crippen molar-refractivity contribution in [1.82, 2.24) is 44.4 Å². The van der Waals surface area contributed by atoms with Crippen LogP contribution in [0.25, 0.3) is 50.4 Å². The summed E-state index contributed by atoms with van der Waals surface area (Å²) in [5, 5.41) is 12.5. The number of carbonyl (C=O) groups is 4. The molecule has 2 N–H and O–H groups in total. The van der Waals surface area contributed by atoms with Crippen molar-refractivity contribution in [2.45, 2.75) is 58.8 Å². The first-order valence-corrected chi connectivity index (χ1v) is 18.9. The number of piperidine rings is 1. The topological polar surface area (TPSA) is 160 Å². The molecule has 14 nitrogen and oxygen atoms in total. The summed E-state index contributed by atoms with van der Waals surface area (Å²) in [6, 6.07) is 15.2. The summed E-state index contributed by atoms with van der Waals surface area (Å²) in [6.07, 6.45) is 9.00. The van der Waals surface area contributed by atoms with Gasteiger partial charge in [-0.1, -0.05) is 49.4 Å². The van der Waals surface area contributed by atoms with E-state index in [0.29, 0.717) is 44.0 Å². The molecule has 1 unspecified atom stereocenters. The number of aryl methyl sites for hydroxylation is 2. The Morgan fingerprint density at radius 3 is 2.68 bits per heavy atom. The van der Waals surface area contributed by atoms with E-state index in [1.54, 1.807) is 22.6 Å². The Morgan fingerprint density at radius 2 is 1.86 bits per heavy atom. The zero-order valence-corrected chi connectivity index (χ0v) is 31.4. The molecular formula is C42H40N10O4. The Bertz CT molecular complexity index is 2660. The molecule has 0 spiro atoms. The molecule has 1 fully saturated rings. The summed E-state index contributed by atoms with van der Waals surface area (Å²) in [5.74, 6) is 0.812. The molecule has 14 heteroatoms. The molecule has 3 aliphatic rings. The van der Waals surface area contributed by atoms with Crippen LogP contribution in [0.1, 0.15) is 59.7 Å². The van der Waals surface area contributed by atoms with Gasteiger partial charge in [0.25, 0.3) is 5.91 Å². The fraction of sp³-hybridized carbons (Fsp3) is 0.286. The quantitative estimate of drug-likeness (QED) is 0.207. The second-order valence-corrected chi connectivity index (χ2v) is 14.5. The van der Waals surface area contributed by atoms with Crippen molar-refractivity contribution in [3.05, 3.63) is 95.2 Å². The number of imide groups is 1.